The van der Waals surface area contributed by atoms with E-state index in [0.29, 0.717) is 11.1 Å². The lowest BCUT2D eigenvalue weighted by Crippen LogP contribution is -2.24. The second kappa shape index (κ2) is 9.99. The molecular weight excluding hydrogens is 435 g/mol. The normalized spacial score (nSPS) is 10.9. The largest absolute Gasteiger partial charge is 0.418 e. The van der Waals surface area contributed by atoms with Crippen molar-refractivity contribution in [1.82, 2.24) is 0 Å². The van der Waals surface area contributed by atoms with Crippen LogP contribution in [0.2, 0.25) is 0 Å². The maximum Gasteiger partial charge on any atom is 0.418 e. The Bertz CT molecular complexity index is 1180. The molecule has 3 aromatic rings. The van der Waals surface area contributed by atoms with E-state index >= 15 is 0 Å². The number of halogens is 3. The molecule has 3 rings (SSSR count). The number of rotatable bonds is 7. The maximum absolute atomic E-state index is 13.6. The number of anilines is 3. The van der Waals surface area contributed by atoms with Gasteiger partial charge in [-0.25, -0.2) is 0 Å². The summed E-state index contributed by atoms with van der Waals surface area (Å²) in [5.74, 6) is -1.43. The van der Waals surface area contributed by atoms with Crippen molar-refractivity contribution in [1.29, 1.82) is 0 Å². The SMILES string of the molecule is CC(=O)c1ccccc1NC(=O)CNc1ccc(NC(=O)c2ccccc2)cc1C(F)(F)F. The van der Waals surface area contributed by atoms with Crippen LogP contribution >= 0.6 is 0 Å². The van der Waals surface area contributed by atoms with E-state index in [1.54, 1.807) is 42.5 Å². The Morgan fingerprint density at radius 2 is 1.48 bits per heavy atom. The minimum atomic E-state index is -4.73. The number of Topliss-reactive ketones (excluding diaryl/α,β-unsaturated/α-hetero) is 1. The van der Waals surface area contributed by atoms with Crippen LogP contribution in [-0.4, -0.2) is 24.1 Å². The van der Waals surface area contributed by atoms with Gasteiger partial charge in [-0.1, -0.05) is 30.3 Å². The Kier molecular flexibility index (Phi) is 7.12. The zero-order chi connectivity index (χ0) is 24.0. The summed E-state index contributed by atoms with van der Waals surface area (Å²) in [4.78, 5) is 36.2. The first kappa shape index (κ1) is 23.5. The van der Waals surface area contributed by atoms with Crippen molar-refractivity contribution in [2.75, 3.05) is 22.5 Å². The molecule has 2 amide bonds. The van der Waals surface area contributed by atoms with Gasteiger partial charge in [0, 0.05) is 22.5 Å². The van der Waals surface area contributed by atoms with Gasteiger partial charge in [0.25, 0.3) is 5.91 Å². The van der Waals surface area contributed by atoms with Gasteiger partial charge in [-0.3, -0.25) is 14.4 Å². The molecule has 0 saturated carbocycles. The van der Waals surface area contributed by atoms with Crippen LogP contribution < -0.4 is 16.0 Å². The molecule has 0 spiro atoms. The average molecular weight is 455 g/mol. The number of carbonyl (C=O) groups excluding carboxylic acids is 3. The van der Waals surface area contributed by atoms with E-state index in [0.717, 1.165) is 12.1 Å². The van der Waals surface area contributed by atoms with Gasteiger partial charge in [0.05, 0.1) is 17.8 Å². The first-order chi connectivity index (χ1) is 15.6. The van der Waals surface area contributed by atoms with Crippen LogP contribution in [0, 0.1) is 0 Å². The van der Waals surface area contributed by atoms with Crippen LogP contribution in [0.15, 0.2) is 72.8 Å². The van der Waals surface area contributed by atoms with Crippen molar-refractivity contribution in [3.05, 3.63) is 89.5 Å². The zero-order valence-corrected chi connectivity index (χ0v) is 17.5. The molecule has 0 saturated heterocycles. The van der Waals surface area contributed by atoms with Crippen molar-refractivity contribution in [2.24, 2.45) is 0 Å². The fraction of sp³-hybridized carbons (Fsp3) is 0.125. The first-order valence-electron chi connectivity index (χ1n) is 9.86. The molecule has 0 bridgehead atoms. The molecule has 0 aromatic heterocycles. The van der Waals surface area contributed by atoms with Crippen molar-refractivity contribution in [3.8, 4) is 0 Å². The smallest absolute Gasteiger partial charge is 0.376 e. The summed E-state index contributed by atoms with van der Waals surface area (Å²) in [6, 6.07) is 17.7. The predicted molar refractivity (Wildman–Crippen MR) is 119 cm³/mol. The molecule has 0 aliphatic rings. The van der Waals surface area contributed by atoms with Gasteiger partial charge in [-0.2, -0.15) is 13.2 Å². The second-order valence-electron chi connectivity index (χ2n) is 7.08. The fourth-order valence-electron chi connectivity index (χ4n) is 3.07. The fourth-order valence-corrected chi connectivity index (χ4v) is 3.07. The molecule has 9 heteroatoms. The molecule has 0 aliphatic carbocycles. The van der Waals surface area contributed by atoms with Gasteiger partial charge in [0.1, 0.15) is 0 Å². The van der Waals surface area contributed by atoms with E-state index in [4.69, 9.17) is 0 Å². The average Bonchev–Trinajstić information content (AvgIpc) is 2.78. The molecule has 33 heavy (non-hydrogen) atoms. The van der Waals surface area contributed by atoms with Crippen LogP contribution in [0.1, 0.15) is 33.2 Å². The molecule has 0 atom stereocenters. The highest BCUT2D eigenvalue weighted by molar-refractivity contribution is 6.05. The molecule has 6 nitrogen and oxygen atoms in total. The minimum Gasteiger partial charge on any atom is -0.376 e. The summed E-state index contributed by atoms with van der Waals surface area (Å²) in [7, 11) is 0. The number of amides is 2. The van der Waals surface area contributed by atoms with Crippen molar-refractivity contribution in [3.63, 3.8) is 0 Å². The lowest BCUT2D eigenvalue weighted by atomic mass is 10.1. The monoisotopic (exact) mass is 455 g/mol. The zero-order valence-electron chi connectivity index (χ0n) is 17.5. The third-order valence-electron chi connectivity index (χ3n) is 4.64. The van der Waals surface area contributed by atoms with E-state index in [1.807, 2.05) is 0 Å². The number of nitrogens with one attached hydrogen (secondary N) is 3. The minimum absolute atomic E-state index is 0.0402. The molecule has 170 valence electrons. The molecule has 3 N–H and O–H groups in total. The van der Waals surface area contributed by atoms with Gasteiger partial charge in [0.15, 0.2) is 5.78 Å². The van der Waals surface area contributed by atoms with E-state index in [-0.39, 0.29) is 22.8 Å². The Labute approximate surface area is 187 Å². The van der Waals surface area contributed by atoms with Gasteiger partial charge in [0.2, 0.25) is 5.91 Å². The van der Waals surface area contributed by atoms with Crippen molar-refractivity contribution >= 4 is 34.7 Å². The highest BCUT2D eigenvalue weighted by Crippen LogP contribution is 2.36. The summed E-state index contributed by atoms with van der Waals surface area (Å²) < 4.78 is 40.8. The summed E-state index contributed by atoms with van der Waals surface area (Å²) >= 11 is 0. The third kappa shape index (κ3) is 6.19. The molecule has 0 heterocycles. The summed E-state index contributed by atoms with van der Waals surface area (Å²) in [5, 5.41) is 7.42. The van der Waals surface area contributed by atoms with Crippen LogP contribution in [0.4, 0.5) is 30.2 Å². The first-order valence-corrected chi connectivity index (χ1v) is 9.86. The van der Waals surface area contributed by atoms with Gasteiger partial charge in [-0.05, 0) is 49.4 Å². The number of carbonyl (C=O) groups is 3. The van der Waals surface area contributed by atoms with Crippen LogP contribution in [0.3, 0.4) is 0 Å². The Morgan fingerprint density at radius 1 is 0.818 bits per heavy atom. The van der Waals surface area contributed by atoms with E-state index in [1.165, 1.54) is 25.1 Å². The van der Waals surface area contributed by atoms with Crippen molar-refractivity contribution in [2.45, 2.75) is 13.1 Å². The maximum atomic E-state index is 13.6. The molecule has 3 aromatic carbocycles. The number of alkyl halides is 3. The predicted octanol–water partition coefficient (Wildman–Crippen LogP) is 5.21. The van der Waals surface area contributed by atoms with E-state index in [2.05, 4.69) is 16.0 Å². The second-order valence-corrected chi connectivity index (χ2v) is 7.08. The van der Waals surface area contributed by atoms with Crippen LogP contribution in [0.25, 0.3) is 0 Å². The summed E-state index contributed by atoms with van der Waals surface area (Å²) in [6.45, 7) is 0.877. The van der Waals surface area contributed by atoms with Gasteiger partial charge >= 0.3 is 6.18 Å². The molecule has 0 fully saturated rings. The Hall–Kier alpha value is -4.14. The molecular formula is C24H20F3N3O3. The van der Waals surface area contributed by atoms with E-state index in [9.17, 15) is 27.6 Å². The lowest BCUT2D eigenvalue weighted by Gasteiger charge is -2.17. The topological polar surface area (TPSA) is 87.3 Å². The Morgan fingerprint density at radius 3 is 2.15 bits per heavy atom. The molecule has 0 radical (unpaired) electrons. The third-order valence-corrected chi connectivity index (χ3v) is 4.64. The van der Waals surface area contributed by atoms with Crippen LogP contribution in [-0.2, 0) is 11.0 Å². The number of para-hydroxylation sites is 1. The number of benzene rings is 3. The quantitative estimate of drug-likeness (QED) is 0.427. The summed E-state index contributed by atoms with van der Waals surface area (Å²) in [5.41, 5.74) is -0.537. The standard InChI is InChI=1S/C24H20F3N3O3/c1-15(31)18-9-5-6-10-20(18)30-22(32)14-28-21-12-11-17(13-19(21)24(25,26)27)29-23(33)16-7-3-2-4-8-16/h2-13,28H,14H2,1H3,(H,29,33)(H,30,32). The lowest BCUT2D eigenvalue weighted by molar-refractivity contribution is -0.137. The number of ketones is 1. The van der Waals surface area contributed by atoms with Crippen LogP contribution in [0.5, 0.6) is 0 Å². The highest BCUT2D eigenvalue weighted by atomic mass is 19.4. The molecule has 0 aliphatic heterocycles. The highest BCUT2D eigenvalue weighted by Gasteiger charge is 2.34. The number of hydrogen-bond donors (Lipinski definition) is 3. The Balaban J connectivity index is 1.73. The molecule has 0 unspecified atom stereocenters. The van der Waals surface area contributed by atoms with E-state index < -0.39 is 30.1 Å². The van der Waals surface area contributed by atoms with Crippen molar-refractivity contribution < 1.29 is 27.6 Å². The van der Waals surface area contributed by atoms with Gasteiger partial charge in [-0.15, -0.1) is 0 Å². The number of hydrogen-bond acceptors (Lipinski definition) is 4. The summed E-state index contributed by atoms with van der Waals surface area (Å²) in [6.07, 6.45) is -4.73. The van der Waals surface area contributed by atoms with Gasteiger partial charge < -0.3 is 16.0 Å².